The highest BCUT2D eigenvalue weighted by molar-refractivity contribution is 7.09. The highest BCUT2D eigenvalue weighted by Gasteiger charge is 2.30. The van der Waals surface area contributed by atoms with Crippen molar-refractivity contribution < 1.29 is 18.7 Å². The number of nitrogens with one attached hydrogen (secondary N) is 1. The third-order valence-corrected chi connectivity index (χ3v) is 7.44. The van der Waals surface area contributed by atoms with Crippen LogP contribution in [-0.2, 0) is 17.9 Å². The first-order chi connectivity index (χ1) is 18.0. The molecule has 0 bridgehead atoms. The predicted octanol–water partition coefficient (Wildman–Crippen LogP) is 6.68. The van der Waals surface area contributed by atoms with E-state index in [4.69, 9.17) is 4.74 Å². The van der Waals surface area contributed by atoms with Crippen molar-refractivity contribution in [2.45, 2.75) is 58.2 Å². The Morgan fingerprint density at radius 2 is 1.76 bits per heavy atom. The van der Waals surface area contributed by atoms with E-state index >= 15 is 0 Å². The highest BCUT2D eigenvalue weighted by Crippen LogP contribution is 2.27. The molecule has 6 nitrogen and oxygen atoms in total. The molecule has 37 heavy (non-hydrogen) atoms. The summed E-state index contributed by atoms with van der Waals surface area (Å²) in [5.41, 5.74) is 1.43. The summed E-state index contributed by atoms with van der Waals surface area (Å²) in [5, 5.41) is 4.97. The molecule has 1 heterocycles. The Balaban J connectivity index is 1.54. The van der Waals surface area contributed by atoms with Crippen LogP contribution in [0.2, 0.25) is 0 Å². The summed E-state index contributed by atoms with van der Waals surface area (Å²) in [6.07, 6.45) is 4.95. The monoisotopic (exact) mass is 523 g/mol. The maximum atomic E-state index is 13.7. The lowest BCUT2D eigenvalue weighted by molar-refractivity contribution is -0.133. The smallest absolute Gasteiger partial charge is 0.322 e. The van der Waals surface area contributed by atoms with Gasteiger partial charge < -0.3 is 19.9 Å². The fourth-order valence-corrected chi connectivity index (χ4v) is 5.40. The summed E-state index contributed by atoms with van der Waals surface area (Å²) < 4.78 is 19.2. The van der Waals surface area contributed by atoms with E-state index in [1.807, 2.05) is 42.6 Å². The highest BCUT2D eigenvalue weighted by atomic mass is 32.1. The van der Waals surface area contributed by atoms with Gasteiger partial charge in [-0.2, -0.15) is 0 Å². The minimum absolute atomic E-state index is 0.00800. The number of carbonyl (C=O) groups excluding carboxylic acids is 2. The molecule has 1 aromatic heterocycles. The van der Waals surface area contributed by atoms with Crippen molar-refractivity contribution >= 4 is 29.0 Å². The number of ether oxygens (including phenoxy) is 1. The summed E-state index contributed by atoms with van der Waals surface area (Å²) in [5.74, 6) is 0.146. The first kappa shape index (κ1) is 26.7. The van der Waals surface area contributed by atoms with Crippen LogP contribution in [0.1, 0.15) is 49.5 Å². The van der Waals surface area contributed by atoms with E-state index in [-0.39, 0.29) is 30.3 Å². The summed E-state index contributed by atoms with van der Waals surface area (Å²) in [4.78, 5) is 31.8. The van der Waals surface area contributed by atoms with E-state index in [0.717, 1.165) is 42.5 Å². The molecule has 1 fully saturated rings. The lowest BCUT2D eigenvalue weighted by atomic mass is 9.94. The Morgan fingerprint density at radius 3 is 2.46 bits per heavy atom. The lowest BCUT2D eigenvalue weighted by Crippen LogP contribution is -2.49. The molecule has 1 saturated carbocycles. The van der Waals surface area contributed by atoms with Gasteiger partial charge in [-0.05, 0) is 61.0 Å². The topological polar surface area (TPSA) is 61.9 Å². The molecule has 8 heteroatoms. The van der Waals surface area contributed by atoms with Crippen molar-refractivity contribution in [2.24, 2.45) is 0 Å². The average molecular weight is 524 g/mol. The molecule has 4 rings (SSSR count). The molecule has 0 aliphatic heterocycles. The van der Waals surface area contributed by atoms with Crippen LogP contribution in [0.3, 0.4) is 0 Å². The van der Waals surface area contributed by atoms with Crippen LogP contribution in [0, 0.1) is 5.82 Å². The van der Waals surface area contributed by atoms with Gasteiger partial charge in [-0.15, -0.1) is 11.3 Å². The van der Waals surface area contributed by atoms with Crippen molar-refractivity contribution in [3.63, 3.8) is 0 Å². The number of benzene rings is 2. The average Bonchev–Trinajstić information content (AvgIpc) is 3.43. The van der Waals surface area contributed by atoms with Crippen LogP contribution in [0.15, 0.2) is 66.0 Å². The zero-order valence-corrected chi connectivity index (χ0v) is 22.0. The second kappa shape index (κ2) is 13.2. The molecule has 196 valence electrons. The van der Waals surface area contributed by atoms with Gasteiger partial charge in [0.2, 0.25) is 5.91 Å². The SMILES string of the molecule is CCOc1ccccc1NC(=O)N(CC(=O)N(Cc1ccc(F)cc1)Cc1cccs1)C1CCCCC1. The number of para-hydroxylation sites is 2. The van der Waals surface area contributed by atoms with E-state index in [1.54, 1.807) is 39.3 Å². The maximum Gasteiger partial charge on any atom is 0.322 e. The van der Waals surface area contributed by atoms with Crippen molar-refractivity contribution in [2.75, 3.05) is 18.5 Å². The van der Waals surface area contributed by atoms with Crippen LogP contribution in [-0.4, -0.2) is 40.9 Å². The Bertz CT molecular complexity index is 1150. The number of nitrogens with zero attached hydrogens (tertiary/aromatic N) is 2. The first-order valence-electron chi connectivity index (χ1n) is 12.9. The molecule has 3 amide bonds. The molecule has 0 saturated heterocycles. The molecule has 0 radical (unpaired) electrons. The van der Waals surface area contributed by atoms with Gasteiger partial charge in [0.05, 0.1) is 18.8 Å². The number of carbonyl (C=O) groups is 2. The standard InChI is InChI=1S/C29H34FN3O3S/c1-2-36-27-13-7-6-12-26(27)31-29(35)33(24-9-4-3-5-10-24)21-28(34)32(20-25-11-8-18-37-25)19-22-14-16-23(30)17-15-22/h6-8,11-18,24H,2-5,9-10,19-21H2,1H3,(H,31,35). The minimum atomic E-state index is -0.313. The lowest BCUT2D eigenvalue weighted by Gasteiger charge is -2.35. The van der Waals surface area contributed by atoms with Gasteiger partial charge >= 0.3 is 6.03 Å². The Hall–Kier alpha value is -3.39. The number of rotatable bonds is 10. The molecular weight excluding hydrogens is 489 g/mol. The Morgan fingerprint density at radius 1 is 1.00 bits per heavy atom. The molecule has 0 atom stereocenters. The van der Waals surface area contributed by atoms with Gasteiger partial charge in [0.15, 0.2) is 0 Å². The van der Waals surface area contributed by atoms with Crippen molar-refractivity contribution in [3.8, 4) is 5.75 Å². The van der Waals surface area contributed by atoms with Crippen LogP contribution in [0.5, 0.6) is 5.75 Å². The third-order valence-electron chi connectivity index (χ3n) is 6.58. The Kier molecular flexibility index (Phi) is 9.54. The van der Waals surface area contributed by atoms with E-state index in [1.165, 1.54) is 12.1 Å². The quantitative estimate of drug-likeness (QED) is 0.322. The molecule has 0 spiro atoms. The normalized spacial score (nSPS) is 13.7. The van der Waals surface area contributed by atoms with E-state index in [0.29, 0.717) is 31.1 Å². The zero-order chi connectivity index (χ0) is 26.0. The zero-order valence-electron chi connectivity index (χ0n) is 21.2. The number of halogens is 1. The van der Waals surface area contributed by atoms with Crippen LogP contribution >= 0.6 is 11.3 Å². The van der Waals surface area contributed by atoms with E-state index in [9.17, 15) is 14.0 Å². The summed E-state index contributed by atoms with van der Waals surface area (Å²) >= 11 is 1.58. The van der Waals surface area contributed by atoms with Gasteiger partial charge in [0.1, 0.15) is 18.1 Å². The fraction of sp³-hybridized carbons (Fsp3) is 0.379. The largest absolute Gasteiger partial charge is 0.492 e. The maximum absolute atomic E-state index is 13.7. The molecular formula is C29H34FN3O3S. The minimum Gasteiger partial charge on any atom is -0.492 e. The Labute approximate surface area is 222 Å². The number of urea groups is 1. The van der Waals surface area contributed by atoms with Crippen LogP contribution in [0.4, 0.5) is 14.9 Å². The molecule has 1 aliphatic rings. The van der Waals surface area contributed by atoms with Crippen LogP contribution < -0.4 is 10.1 Å². The molecule has 0 unspecified atom stereocenters. The molecule has 1 aliphatic carbocycles. The number of amides is 3. The third kappa shape index (κ3) is 7.55. The van der Waals surface area contributed by atoms with Gasteiger partial charge in [-0.3, -0.25) is 4.79 Å². The van der Waals surface area contributed by atoms with Gasteiger partial charge in [-0.25, -0.2) is 9.18 Å². The molecule has 2 aromatic carbocycles. The number of thiophene rings is 1. The molecule has 3 aromatic rings. The number of anilines is 1. The van der Waals surface area contributed by atoms with Gasteiger partial charge in [0.25, 0.3) is 0 Å². The van der Waals surface area contributed by atoms with Crippen molar-refractivity contribution in [3.05, 3.63) is 82.3 Å². The summed E-state index contributed by atoms with van der Waals surface area (Å²) in [6.45, 7) is 3.12. The second-order valence-electron chi connectivity index (χ2n) is 9.23. The van der Waals surface area contributed by atoms with Crippen molar-refractivity contribution in [1.29, 1.82) is 0 Å². The molecule has 1 N–H and O–H groups in total. The van der Waals surface area contributed by atoms with Gasteiger partial charge in [0, 0.05) is 17.5 Å². The summed E-state index contributed by atoms with van der Waals surface area (Å²) in [6, 6.07) is 17.2. The van der Waals surface area contributed by atoms with Crippen LogP contribution in [0.25, 0.3) is 0 Å². The summed E-state index contributed by atoms with van der Waals surface area (Å²) in [7, 11) is 0. The number of hydrogen-bond donors (Lipinski definition) is 1. The fourth-order valence-electron chi connectivity index (χ4n) is 4.68. The van der Waals surface area contributed by atoms with Crippen molar-refractivity contribution in [1.82, 2.24) is 9.80 Å². The predicted molar refractivity (Wildman–Crippen MR) is 145 cm³/mol. The van der Waals surface area contributed by atoms with E-state index in [2.05, 4.69) is 5.32 Å². The second-order valence-corrected chi connectivity index (χ2v) is 10.3. The van der Waals surface area contributed by atoms with Gasteiger partial charge in [-0.1, -0.05) is 49.6 Å². The van der Waals surface area contributed by atoms with E-state index < -0.39 is 0 Å². The first-order valence-corrected chi connectivity index (χ1v) is 13.8. The number of hydrogen-bond acceptors (Lipinski definition) is 4.